The van der Waals surface area contributed by atoms with Crippen LogP contribution in [0.4, 0.5) is 0 Å². The maximum absolute atomic E-state index is 6.58. The van der Waals surface area contributed by atoms with E-state index in [0.29, 0.717) is 0 Å². The van der Waals surface area contributed by atoms with E-state index in [1.807, 2.05) is 0 Å². The van der Waals surface area contributed by atoms with E-state index >= 15 is 0 Å². The van der Waals surface area contributed by atoms with Gasteiger partial charge in [-0.1, -0.05) is 182 Å². The number of pyridine rings is 4. The second-order valence-corrected chi connectivity index (χ2v) is 32.5. The van der Waals surface area contributed by atoms with Gasteiger partial charge in [-0.05, 0) is 232 Å². The number of hydrogen-bond acceptors (Lipinski definition) is 4. The number of fused-ring (bicyclic) bond motifs is 20. The predicted octanol–water partition coefficient (Wildman–Crippen LogP) is 27.7. The first-order valence-corrected chi connectivity index (χ1v) is 41.0. The summed E-state index contributed by atoms with van der Waals surface area (Å²) >= 11 is 0. The lowest BCUT2D eigenvalue weighted by atomic mass is 9.94. The molecule has 0 N–H and O–H groups in total. The lowest BCUT2D eigenvalue weighted by Crippen LogP contribution is -2.32. The molecular formula is C111H86N4O4+4. The van der Waals surface area contributed by atoms with E-state index in [9.17, 15) is 0 Å². The number of benzene rings is 16. The van der Waals surface area contributed by atoms with Crippen molar-refractivity contribution in [1.82, 2.24) is 0 Å². The second-order valence-electron chi connectivity index (χ2n) is 32.5. The van der Waals surface area contributed by atoms with Gasteiger partial charge in [-0.15, -0.1) is 0 Å². The highest BCUT2D eigenvalue weighted by Gasteiger charge is 2.29. The Balaban J connectivity index is 0.0000000984. The van der Waals surface area contributed by atoms with Crippen molar-refractivity contribution in [2.45, 2.75) is 48.5 Å². The number of aryl methyl sites for hydroxylation is 9. The number of furan rings is 4. The zero-order valence-corrected chi connectivity index (χ0v) is 68.5. The number of aromatic nitrogens is 4. The van der Waals surface area contributed by atoms with Crippen LogP contribution < -0.4 is 18.3 Å². The zero-order chi connectivity index (χ0) is 80.7. The molecule has 570 valence electrons. The molecule has 0 saturated heterocycles. The minimum atomic E-state index is 0.939. The fraction of sp³-hybridized carbons (Fsp3) is 0.0991. The van der Waals surface area contributed by atoms with E-state index in [1.54, 1.807) is 0 Å². The molecule has 16 aromatic carbocycles. The molecule has 0 aliphatic carbocycles. The molecule has 0 radical (unpaired) electrons. The standard InChI is InChI=1S/C29H24NO.C28H22NO.2C27H20NO/c1-17-13-24-23-15-20-9-5-6-10-21(20)16-27(23)31-29(24)28(19(17)3)26-14-18(2)22-11-7-8-12-25(22)30(26)4;1-17-12-24-23-13-19-8-4-5-10-21(19)15-26(23)30-28(24)27(18(17)2)25-14-20-9-6-7-11-22(20)16-29(25)3;1-17-11-13-21-22-15-19-8-3-4-9-20(19)16-25(22)29-27(21)26(17)24-14-12-18-7-5-6-10-23(18)28(24)2;1-17-11-12-22-23-13-18-7-3-4-9-20(18)15-25(23)29-27(22)26(17)24-14-19-8-5-6-10-21(19)16-28(24)2/h5-16H,1-4H3;4-16H,1-3H3;2*3-16H,1-2H3/q4*+1. The highest BCUT2D eigenvalue weighted by atomic mass is 16.3. The van der Waals surface area contributed by atoms with Gasteiger partial charge in [0.25, 0.3) is 0 Å². The Kier molecular flexibility index (Phi) is 17.2. The summed E-state index contributed by atoms with van der Waals surface area (Å²) in [5, 5.41) is 26.6. The van der Waals surface area contributed by atoms with E-state index in [2.05, 4.69) is 417 Å². The molecule has 0 fully saturated rings. The summed E-state index contributed by atoms with van der Waals surface area (Å²) in [6.07, 6.45) is 4.40. The van der Waals surface area contributed by atoms with Gasteiger partial charge < -0.3 is 17.7 Å². The summed E-state index contributed by atoms with van der Waals surface area (Å²) < 4.78 is 35.1. The Morgan fingerprint density at radius 3 is 0.924 bits per heavy atom. The Hall–Kier alpha value is -14.6. The van der Waals surface area contributed by atoms with Gasteiger partial charge in [0.05, 0.1) is 22.3 Å². The quantitative estimate of drug-likeness (QED) is 0.165. The van der Waals surface area contributed by atoms with Gasteiger partial charge in [0.2, 0.25) is 33.8 Å². The van der Waals surface area contributed by atoms with Crippen molar-refractivity contribution in [1.29, 1.82) is 0 Å². The molecule has 0 atom stereocenters. The summed E-state index contributed by atoms with van der Waals surface area (Å²) in [7, 11) is 8.51. The van der Waals surface area contributed by atoms with Gasteiger partial charge >= 0.3 is 0 Å². The molecule has 8 heteroatoms. The van der Waals surface area contributed by atoms with Crippen LogP contribution in [-0.2, 0) is 28.2 Å². The number of para-hydroxylation sites is 2. The monoisotopic (exact) mass is 1540 g/mol. The first-order valence-electron chi connectivity index (χ1n) is 41.0. The van der Waals surface area contributed by atoms with E-state index in [4.69, 9.17) is 17.7 Å². The average Bonchev–Trinajstić information content (AvgIpc) is 1.62. The Bertz CT molecular complexity index is 8230. The second kappa shape index (κ2) is 28.4. The van der Waals surface area contributed by atoms with Crippen LogP contribution in [0.3, 0.4) is 0 Å². The molecule has 8 heterocycles. The Labute approximate surface area is 688 Å². The molecule has 0 amide bonds. The summed E-state index contributed by atoms with van der Waals surface area (Å²) in [5.41, 5.74) is 28.2. The SMILES string of the molecule is Cc1cc2c(oc3cc4ccccc4cc32)c(-c2cc(C)c3ccccc3[n+]2C)c1C.Cc1cc2c(oc3cc4ccccc4cc32)c(-c2cc3ccccc3c[n+]2C)c1C.Cc1ccc2c(oc3cc4ccccc4cc32)c1-c1cc2ccccc2c[n+]1C.Cc1ccc2c(oc3cc4ccccc4cc32)c1-c1ccc2ccccc2[n+]1C. The van der Waals surface area contributed by atoms with Crippen LogP contribution in [0.2, 0.25) is 0 Å². The summed E-state index contributed by atoms with van der Waals surface area (Å²) in [6, 6.07) is 110. The van der Waals surface area contributed by atoms with Crippen LogP contribution in [0.15, 0.2) is 339 Å². The molecule has 0 aliphatic heterocycles. The molecular weight excluding hydrogens is 1450 g/mol. The van der Waals surface area contributed by atoms with Crippen molar-refractivity contribution in [2.75, 3.05) is 0 Å². The van der Waals surface area contributed by atoms with Gasteiger partial charge in [0.1, 0.15) is 72.9 Å². The molecule has 0 spiro atoms. The van der Waals surface area contributed by atoms with E-state index in [0.717, 1.165) is 67.2 Å². The maximum Gasteiger partial charge on any atom is 0.217 e. The molecule has 24 aromatic rings. The minimum absolute atomic E-state index is 0.939. The summed E-state index contributed by atoms with van der Waals surface area (Å²) in [5.74, 6) is 0. The average molecular weight is 1540 g/mol. The Morgan fingerprint density at radius 1 is 0.193 bits per heavy atom. The van der Waals surface area contributed by atoms with Crippen molar-refractivity contribution < 1.29 is 35.9 Å². The zero-order valence-electron chi connectivity index (χ0n) is 68.5. The molecule has 119 heavy (non-hydrogen) atoms. The van der Waals surface area contributed by atoms with Crippen molar-refractivity contribution in [2.24, 2.45) is 28.2 Å². The highest BCUT2D eigenvalue weighted by Crippen LogP contribution is 2.46. The Morgan fingerprint density at radius 2 is 0.504 bits per heavy atom. The molecule has 0 unspecified atom stereocenters. The normalized spacial score (nSPS) is 11.8. The van der Waals surface area contributed by atoms with Gasteiger partial charge in [-0.3, -0.25) is 0 Å². The molecule has 24 rings (SSSR count). The molecule has 0 saturated carbocycles. The van der Waals surface area contributed by atoms with Gasteiger partial charge in [-0.2, -0.15) is 9.13 Å². The van der Waals surface area contributed by atoms with Crippen molar-refractivity contribution in [3.8, 4) is 45.0 Å². The topological polar surface area (TPSA) is 68.1 Å². The molecule has 0 aliphatic rings. The summed E-state index contributed by atoms with van der Waals surface area (Å²) in [4.78, 5) is 0. The number of rotatable bonds is 4. The first-order chi connectivity index (χ1) is 58.0. The van der Waals surface area contributed by atoms with Gasteiger partial charge in [0, 0.05) is 101 Å². The third-order valence-corrected chi connectivity index (χ3v) is 25.2. The predicted molar refractivity (Wildman–Crippen MR) is 495 cm³/mol. The van der Waals surface area contributed by atoms with Crippen molar-refractivity contribution >= 4 is 174 Å². The molecule has 8 aromatic heterocycles. The fourth-order valence-corrected chi connectivity index (χ4v) is 18.7. The number of hydrogen-bond donors (Lipinski definition) is 0. The van der Waals surface area contributed by atoms with E-state index in [1.165, 1.54) is 191 Å². The van der Waals surface area contributed by atoms with Gasteiger partial charge in [-0.25, -0.2) is 9.13 Å². The van der Waals surface area contributed by atoms with Crippen LogP contribution in [0.1, 0.15) is 38.9 Å². The maximum atomic E-state index is 6.58. The van der Waals surface area contributed by atoms with Crippen LogP contribution >= 0.6 is 0 Å². The minimum Gasteiger partial charge on any atom is -0.455 e. The summed E-state index contributed by atoms with van der Waals surface area (Å²) in [6.45, 7) is 15.3. The van der Waals surface area contributed by atoms with Crippen LogP contribution in [0.5, 0.6) is 0 Å². The largest absolute Gasteiger partial charge is 0.455 e. The lowest BCUT2D eigenvalue weighted by Gasteiger charge is -2.11. The highest BCUT2D eigenvalue weighted by molar-refractivity contribution is 6.18. The van der Waals surface area contributed by atoms with E-state index in [-0.39, 0.29) is 0 Å². The van der Waals surface area contributed by atoms with Gasteiger partial charge in [0.15, 0.2) is 12.4 Å². The van der Waals surface area contributed by atoms with Crippen molar-refractivity contribution in [3.05, 3.63) is 361 Å². The third-order valence-electron chi connectivity index (χ3n) is 25.2. The molecule has 0 bridgehead atoms. The van der Waals surface area contributed by atoms with Crippen LogP contribution in [-0.4, -0.2) is 0 Å². The number of nitrogens with zero attached hydrogens (tertiary/aromatic N) is 4. The van der Waals surface area contributed by atoms with E-state index < -0.39 is 0 Å². The third kappa shape index (κ3) is 12.1. The smallest absolute Gasteiger partial charge is 0.217 e. The van der Waals surface area contributed by atoms with Crippen LogP contribution in [0.25, 0.3) is 219 Å². The lowest BCUT2D eigenvalue weighted by molar-refractivity contribution is -0.659. The molecule has 8 nitrogen and oxygen atoms in total. The first kappa shape index (κ1) is 72.1. The van der Waals surface area contributed by atoms with Crippen molar-refractivity contribution in [3.63, 3.8) is 0 Å². The fourth-order valence-electron chi connectivity index (χ4n) is 18.7. The van der Waals surface area contributed by atoms with Crippen LogP contribution in [0, 0.1) is 48.5 Å².